The van der Waals surface area contributed by atoms with Gasteiger partial charge in [0, 0.05) is 29.4 Å². The molecular formula is C30H24F3N3O3. The molecule has 0 unspecified atom stereocenters. The molecule has 3 aromatic carbocycles. The molecule has 0 aliphatic rings. The van der Waals surface area contributed by atoms with E-state index in [2.05, 4.69) is 24.0 Å². The largest absolute Gasteiger partial charge is 0.490 e. The van der Waals surface area contributed by atoms with Crippen molar-refractivity contribution in [2.75, 3.05) is 0 Å². The van der Waals surface area contributed by atoms with Crippen molar-refractivity contribution >= 4 is 16.9 Å². The van der Waals surface area contributed by atoms with Gasteiger partial charge in [-0.05, 0) is 35.2 Å². The van der Waals surface area contributed by atoms with Gasteiger partial charge in [-0.25, -0.2) is 9.78 Å². The van der Waals surface area contributed by atoms with Crippen LogP contribution in [0.3, 0.4) is 0 Å². The van der Waals surface area contributed by atoms with E-state index < -0.39 is 12.1 Å². The van der Waals surface area contributed by atoms with Crippen molar-refractivity contribution in [3.8, 4) is 33.5 Å². The number of rotatable bonds is 4. The van der Waals surface area contributed by atoms with Gasteiger partial charge in [0.2, 0.25) is 0 Å². The van der Waals surface area contributed by atoms with Gasteiger partial charge >= 0.3 is 12.1 Å². The summed E-state index contributed by atoms with van der Waals surface area (Å²) in [7, 11) is 0. The summed E-state index contributed by atoms with van der Waals surface area (Å²) in [5.74, 6) is -2.76. The number of nitrogens with one attached hydrogen (secondary N) is 1. The highest BCUT2D eigenvalue weighted by Gasteiger charge is 2.38. The summed E-state index contributed by atoms with van der Waals surface area (Å²) in [6.45, 7) is 2.56. The maximum atomic E-state index is 12.9. The van der Waals surface area contributed by atoms with E-state index in [1.807, 2.05) is 72.8 Å². The quantitative estimate of drug-likeness (QED) is 0.251. The van der Waals surface area contributed by atoms with Crippen LogP contribution in [0.25, 0.3) is 44.4 Å². The standard InChI is InChI=1S/C28H23N3O.C2HF3O2/c1-18-7-5-6-10-22(18)25-17-30-28(32)24-15-23(20-8-3-2-4-9-20)26(31-27(24)25)21-13-11-19(16-29)12-14-21;3-2(4,5)1(6)7/h2-15,17H,16,29H2,1H3,(H,30,32);(H,6,7). The lowest BCUT2D eigenvalue weighted by Gasteiger charge is -2.14. The van der Waals surface area contributed by atoms with Crippen molar-refractivity contribution in [3.05, 3.63) is 113 Å². The molecule has 0 saturated carbocycles. The van der Waals surface area contributed by atoms with E-state index in [-0.39, 0.29) is 5.56 Å². The topological polar surface area (TPSA) is 109 Å². The second kappa shape index (κ2) is 11.3. The molecule has 0 bridgehead atoms. The first-order chi connectivity index (χ1) is 18.6. The number of aryl methyl sites for hydroxylation is 1. The van der Waals surface area contributed by atoms with Gasteiger partial charge in [0.15, 0.2) is 0 Å². The molecule has 0 aliphatic heterocycles. The molecule has 5 aromatic rings. The van der Waals surface area contributed by atoms with Crippen molar-refractivity contribution < 1.29 is 23.1 Å². The minimum Gasteiger partial charge on any atom is -0.475 e. The Hall–Kier alpha value is -4.76. The smallest absolute Gasteiger partial charge is 0.475 e. The zero-order chi connectivity index (χ0) is 28.2. The summed E-state index contributed by atoms with van der Waals surface area (Å²) >= 11 is 0. The Morgan fingerprint density at radius 3 is 2.10 bits per heavy atom. The molecule has 9 heteroatoms. The van der Waals surface area contributed by atoms with Crippen LogP contribution in [-0.4, -0.2) is 27.2 Å². The van der Waals surface area contributed by atoms with Crippen molar-refractivity contribution in [2.45, 2.75) is 19.6 Å². The van der Waals surface area contributed by atoms with Gasteiger partial charge in [0.1, 0.15) is 0 Å². The summed E-state index contributed by atoms with van der Waals surface area (Å²) in [5.41, 5.74) is 14.3. The lowest BCUT2D eigenvalue weighted by molar-refractivity contribution is -0.192. The lowest BCUT2D eigenvalue weighted by atomic mass is 9.95. The number of alkyl halides is 3. The fourth-order valence-corrected chi connectivity index (χ4v) is 4.11. The normalized spacial score (nSPS) is 11.1. The molecule has 198 valence electrons. The van der Waals surface area contributed by atoms with E-state index in [0.717, 1.165) is 44.6 Å². The van der Waals surface area contributed by atoms with Gasteiger partial charge in [-0.1, -0.05) is 78.9 Å². The predicted octanol–water partition coefficient (Wildman–Crippen LogP) is 6.32. The zero-order valence-electron chi connectivity index (χ0n) is 20.8. The van der Waals surface area contributed by atoms with Gasteiger partial charge in [0.05, 0.1) is 16.6 Å². The van der Waals surface area contributed by atoms with Crippen LogP contribution in [0.2, 0.25) is 0 Å². The van der Waals surface area contributed by atoms with Crippen molar-refractivity contribution in [3.63, 3.8) is 0 Å². The van der Waals surface area contributed by atoms with Gasteiger partial charge in [-0.3, -0.25) is 4.79 Å². The molecule has 0 spiro atoms. The van der Waals surface area contributed by atoms with Gasteiger partial charge in [-0.15, -0.1) is 0 Å². The number of aromatic amines is 1. The predicted molar refractivity (Wildman–Crippen MR) is 145 cm³/mol. The van der Waals surface area contributed by atoms with Crippen LogP contribution in [0.1, 0.15) is 11.1 Å². The zero-order valence-corrected chi connectivity index (χ0v) is 20.8. The SMILES string of the molecule is Cc1ccccc1-c1c[nH]c(=O)c2cc(-c3ccccc3)c(-c3ccc(CN)cc3)nc12.O=C(O)C(F)(F)F. The average molecular weight is 532 g/mol. The summed E-state index contributed by atoms with van der Waals surface area (Å²) in [5, 5.41) is 7.70. The van der Waals surface area contributed by atoms with Gasteiger partial charge < -0.3 is 15.8 Å². The number of aromatic nitrogens is 2. The van der Waals surface area contributed by atoms with Crippen LogP contribution < -0.4 is 11.3 Å². The van der Waals surface area contributed by atoms with Crippen LogP contribution in [0.5, 0.6) is 0 Å². The molecular weight excluding hydrogens is 507 g/mol. The maximum Gasteiger partial charge on any atom is 0.490 e. The van der Waals surface area contributed by atoms with E-state index in [9.17, 15) is 18.0 Å². The van der Waals surface area contributed by atoms with Crippen molar-refractivity contribution in [1.29, 1.82) is 0 Å². The second-order valence-corrected chi connectivity index (χ2v) is 8.70. The minimum absolute atomic E-state index is 0.146. The minimum atomic E-state index is -5.08. The maximum absolute atomic E-state index is 12.9. The third kappa shape index (κ3) is 6.05. The fraction of sp³-hybridized carbons (Fsp3) is 0.100. The molecule has 0 saturated heterocycles. The van der Waals surface area contributed by atoms with E-state index in [0.29, 0.717) is 17.4 Å². The molecule has 0 aliphatic carbocycles. The Labute approximate surface area is 221 Å². The molecule has 5 rings (SSSR count). The number of halogens is 3. The van der Waals surface area contributed by atoms with E-state index in [1.54, 1.807) is 6.20 Å². The molecule has 0 atom stereocenters. The summed E-state index contributed by atoms with van der Waals surface area (Å²) in [6, 6.07) is 28.3. The number of fused-ring (bicyclic) bond motifs is 1. The van der Waals surface area contributed by atoms with Crippen LogP contribution in [-0.2, 0) is 11.3 Å². The van der Waals surface area contributed by atoms with Crippen molar-refractivity contribution in [1.82, 2.24) is 9.97 Å². The first-order valence-corrected chi connectivity index (χ1v) is 11.9. The summed E-state index contributed by atoms with van der Waals surface area (Å²) in [4.78, 5) is 29.8. The van der Waals surface area contributed by atoms with Crippen LogP contribution in [0, 0.1) is 6.92 Å². The monoisotopic (exact) mass is 531 g/mol. The number of benzene rings is 3. The third-order valence-corrected chi connectivity index (χ3v) is 6.10. The first-order valence-electron chi connectivity index (χ1n) is 11.9. The molecule has 0 amide bonds. The number of carboxylic acid groups (broad SMARTS) is 1. The summed E-state index contributed by atoms with van der Waals surface area (Å²) < 4.78 is 31.7. The molecule has 0 fully saturated rings. The Bertz CT molecular complexity index is 1680. The fourth-order valence-electron chi connectivity index (χ4n) is 4.11. The number of pyridine rings is 2. The number of carbonyl (C=O) groups is 1. The molecule has 4 N–H and O–H groups in total. The van der Waals surface area contributed by atoms with Crippen molar-refractivity contribution in [2.24, 2.45) is 5.73 Å². The highest BCUT2D eigenvalue weighted by atomic mass is 19.4. The lowest BCUT2D eigenvalue weighted by Crippen LogP contribution is -2.21. The average Bonchev–Trinajstić information content (AvgIpc) is 2.94. The Morgan fingerprint density at radius 2 is 1.51 bits per heavy atom. The number of nitrogens with zero attached hydrogens (tertiary/aromatic N) is 1. The van der Waals surface area contributed by atoms with Crippen LogP contribution in [0.15, 0.2) is 95.9 Å². The summed E-state index contributed by atoms with van der Waals surface area (Å²) in [6.07, 6.45) is -3.32. The number of H-pyrrole nitrogens is 1. The first kappa shape index (κ1) is 27.3. The molecule has 39 heavy (non-hydrogen) atoms. The van der Waals surface area contributed by atoms with Crippen LogP contribution in [0.4, 0.5) is 13.2 Å². The van der Waals surface area contributed by atoms with E-state index in [4.69, 9.17) is 20.6 Å². The highest BCUT2D eigenvalue weighted by molar-refractivity contribution is 5.98. The number of nitrogens with two attached hydrogens (primary N) is 1. The third-order valence-electron chi connectivity index (χ3n) is 6.10. The van der Waals surface area contributed by atoms with Crippen LogP contribution >= 0.6 is 0 Å². The second-order valence-electron chi connectivity index (χ2n) is 8.70. The number of hydrogen-bond donors (Lipinski definition) is 3. The Balaban J connectivity index is 0.000000448. The van der Waals surface area contributed by atoms with Gasteiger partial charge in [0.25, 0.3) is 5.56 Å². The molecule has 6 nitrogen and oxygen atoms in total. The highest BCUT2D eigenvalue weighted by Crippen LogP contribution is 2.36. The van der Waals surface area contributed by atoms with E-state index in [1.165, 1.54) is 0 Å². The Kier molecular flexibility index (Phi) is 7.92. The molecule has 2 aromatic heterocycles. The number of carboxylic acids is 1. The Morgan fingerprint density at radius 1 is 0.897 bits per heavy atom. The molecule has 0 radical (unpaired) electrons. The number of aliphatic carboxylic acids is 1. The van der Waals surface area contributed by atoms with Gasteiger partial charge in [-0.2, -0.15) is 13.2 Å². The number of hydrogen-bond acceptors (Lipinski definition) is 4. The van der Waals surface area contributed by atoms with E-state index >= 15 is 0 Å². The molecule has 2 heterocycles.